The summed E-state index contributed by atoms with van der Waals surface area (Å²) in [6.45, 7) is 4.25. The zero-order valence-corrected chi connectivity index (χ0v) is 11.4. The Morgan fingerprint density at radius 1 is 1.29 bits per heavy atom. The summed E-state index contributed by atoms with van der Waals surface area (Å²) in [5.74, 6) is 1.61. The summed E-state index contributed by atoms with van der Waals surface area (Å²) < 4.78 is 0. The largest absolute Gasteiger partial charge is 0.293 e. The van der Waals surface area contributed by atoms with Gasteiger partial charge in [-0.1, -0.05) is 44.5 Å². The zero-order chi connectivity index (χ0) is 12.3. The molecule has 2 heteroatoms. The SMILES string of the molecule is CC(C)SCC(=O)c1ccc(C2CCC2)cc1. The highest BCUT2D eigenvalue weighted by Gasteiger charge is 2.19. The minimum absolute atomic E-state index is 0.254. The molecule has 92 valence electrons. The van der Waals surface area contributed by atoms with E-state index in [4.69, 9.17) is 0 Å². The fraction of sp³-hybridized carbons (Fsp3) is 0.533. The van der Waals surface area contributed by atoms with Gasteiger partial charge < -0.3 is 0 Å². The molecule has 0 spiro atoms. The minimum Gasteiger partial charge on any atom is -0.293 e. The van der Waals surface area contributed by atoms with Gasteiger partial charge in [0, 0.05) is 5.56 Å². The van der Waals surface area contributed by atoms with Gasteiger partial charge in [0.1, 0.15) is 0 Å². The van der Waals surface area contributed by atoms with Crippen molar-refractivity contribution < 1.29 is 4.79 Å². The van der Waals surface area contributed by atoms with Crippen LogP contribution in [-0.4, -0.2) is 16.8 Å². The highest BCUT2D eigenvalue weighted by atomic mass is 32.2. The predicted molar refractivity (Wildman–Crippen MR) is 75.0 cm³/mol. The van der Waals surface area contributed by atoms with Gasteiger partial charge in [-0.3, -0.25) is 4.79 Å². The second-order valence-corrected chi connectivity index (χ2v) is 6.60. The quantitative estimate of drug-likeness (QED) is 0.723. The van der Waals surface area contributed by atoms with Crippen LogP contribution < -0.4 is 0 Å². The van der Waals surface area contributed by atoms with Crippen LogP contribution in [0.5, 0.6) is 0 Å². The fourth-order valence-corrected chi connectivity index (χ4v) is 2.66. The number of Topliss-reactive ketones (excluding diaryl/α,β-unsaturated/α-hetero) is 1. The first-order valence-corrected chi connectivity index (χ1v) is 7.46. The molecule has 0 heterocycles. The molecule has 0 atom stereocenters. The van der Waals surface area contributed by atoms with E-state index in [-0.39, 0.29) is 5.78 Å². The third kappa shape index (κ3) is 3.35. The molecule has 0 saturated heterocycles. The smallest absolute Gasteiger partial charge is 0.172 e. The maximum atomic E-state index is 11.9. The first kappa shape index (κ1) is 12.7. The fourth-order valence-electron chi connectivity index (χ4n) is 2.01. The molecule has 1 aromatic rings. The molecule has 1 aliphatic carbocycles. The van der Waals surface area contributed by atoms with Crippen LogP contribution in [0.4, 0.5) is 0 Å². The Labute approximate surface area is 108 Å². The number of thioether (sulfide) groups is 1. The minimum atomic E-state index is 0.254. The van der Waals surface area contributed by atoms with E-state index in [1.807, 2.05) is 12.1 Å². The van der Waals surface area contributed by atoms with Gasteiger partial charge in [-0.15, -0.1) is 0 Å². The predicted octanol–water partition coefficient (Wildman–Crippen LogP) is 4.28. The summed E-state index contributed by atoms with van der Waals surface area (Å²) >= 11 is 1.71. The molecule has 0 aromatic heterocycles. The van der Waals surface area contributed by atoms with E-state index in [2.05, 4.69) is 26.0 Å². The maximum absolute atomic E-state index is 11.9. The Bertz CT molecular complexity index is 376. The summed E-state index contributed by atoms with van der Waals surface area (Å²) in [4.78, 5) is 11.9. The Balaban J connectivity index is 1.94. The van der Waals surface area contributed by atoms with Crippen LogP contribution in [0.15, 0.2) is 24.3 Å². The molecule has 0 unspecified atom stereocenters. The second-order valence-electron chi connectivity index (χ2n) is 5.03. The van der Waals surface area contributed by atoms with E-state index in [1.54, 1.807) is 11.8 Å². The summed E-state index contributed by atoms with van der Waals surface area (Å²) in [6, 6.07) is 8.27. The number of carbonyl (C=O) groups is 1. The monoisotopic (exact) mass is 248 g/mol. The van der Waals surface area contributed by atoms with E-state index in [1.165, 1.54) is 24.8 Å². The molecule has 0 aliphatic heterocycles. The molecule has 1 saturated carbocycles. The number of hydrogen-bond acceptors (Lipinski definition) is 2. The molecule has 2 rings (SSSR count). The van der Waals surface area contributed by atoms with Gasteiger partial charge in [-0.25, -0.2) is 0 Å². The lowest BCUT2D eigenvalue weighted by Crippen LogP contribution is -2.09. The normalized spacial score (nSPS) is 15.9. The molecular weight excluding hydrogens is 228 g/mol. The highest BCUT2D eigenvalue weighted by molar-refractivity contribution is 8.00. The van der Waals surface area contributed by atoms with E-state index in [9.17, 15) is 4.79 Å². The molecule has 0 radical (unpaired) electrons. The van der Waals surface area contributed by atoms with E-state index in [0.717, 1.165) is 11.5 Å². The lowest BCUT2D eigenvalue weighted by molar-refractivity contribution is 0.102. The van der Waals surface area contributed by atoms with Crippen LogP contribution in [0, 0.1) is 0 Å². The van der Waals surface area contributed by atoms with Crippen LogP contribution in [-0.2, 0) is 0 Å². The molecule has 17 heavy (non-hydrogen) atoms. The summed E-state index contributed by atoms with van der Waals surface area (Å²) in [6.07, 6.45) is 3.99. The van der Waals surface area contributed by atoms with Gasteiger partial charge in [0.15, 0.2) is 5.78 Å². The number of carbonyl (C=O) groups excluding carboxylic acids is 1. The van der Waals surface area contributed by atoms with Crippen molar-refractivity contribution in [3.8, 4) is 0 Å². The highest BCUT2D eigenvalue weighted by Crippen LogP contribution is 2.36. The Hall–Kier alpha value is -0.760. The van der Waals surface area contributed by atoms with Crippen molar-refractivity contribution in [3.63, 3.8) is 0 Å². The van der Waals surface area contributed by atoms with Gasteiger partial charge in [0.25, 0.3) is 0 Å². The van der Waals surface area contributed by atoms with Crippen LogP contribution in [0.1, 0.15) is 54.9 Å². The molecule has 1 nitrogen and oxygen atoms in total. The van der Waals surface area contributed by atoms with Gasteiger partial charge >= 0.3 is 0 Å². The molecule has 0 amide bonds. The number of ketones is 1. The van der Waals surface area contributed by atoms with Crippen LogP contribution in [0.25, 0.3) is 0 Å². The van der Waals surface area contributed by atoms with Crippen molar-refractivity contribution in [1.82, 2.24) is 0 Å². The maximum Gasteiger partial charge on any atom is 0.172 e. The lowest BCUT2D eigenvalue weighted by atomic mass is 9.80. The van der Waals surface area contributed by atoms with E-state index >= 15 is 0 Å². The standard InChI is InChI=1S/C15H20OS/c1-11(2)17-10-15(16)14-8-6-13(7-9-14)12-4-3-5-12/h6-9,11-12H,3-5,10H2,1-2H3. The summed E-state index contributed by atoms with van der Waals surface area (Å²) in [5.41, 5.74) is 2.27. The van der Waals surface area contributed by atoms with Gasteiger partial charge in [0.05, 0.1) is 5.75 Å². The average molecular weight is 248 g/mol. The van der Waals surface area contributed by atoms with Crippen molar-refractivity contribution in [3.05, 3.63) is 35.4 Å². The van der Waals surface area contributed by atoms with Crippen molar-refractivity contribution in [2.75, 3.05) is 5.75 Å². The van der Waals surface area contributed by atoms with E-state index in [0.29, 0.717) is 11.0 Å². The average Bonchev–Trinajstić information content (AvgIpc) is 2.24. The molecule has 0 N–H and O–H groups in total. The third-order valence-electron chi connectivity index (χ3n) is 3.36. The zero-order valence-electron chi connectivity index (χ0n) is 10.6. The van der Waals surface area contributed by atoms with Gasteiger partial charge in [-0.2, -0.15) is 11.8 Å². The van der Waals surface area contributed by atoms with Crippen LogP contribution in [0.3, 0.4) is 0 Å². The third-order valence-corrected chi connectivity index (χ3v) is 4.45. The second kappa shape index (κ2) is 5.72. The number of benzene rings is 1. The molecule has 1 fully saturated rings. The van der Waals surface area contributed by atoms with Crippen LogP contribution in [0.2, 0.25) is 0 Å². The number of rotatable bonds is 5. The van der Waals surface area contributed by atoms with E-state index < -0.39 is 0 Å². The Morgan fingerprint density at radius 2 is 1.94 bits per heavy atom. The molecular formula is C15H20OS. The topological polar surface area (TPSA) is 17.1 Å². The molecule has 0 bridgehead atoms. The van der Waals surface area contributed by atoms with Crippen LogP contribution >= 0.6 is 11.8 Å². The number of hydrogen-bond donors (Lipinski definition) is 0. The lowest BCUT2D eigenvalue weighted by Gasteiger charge is -2.25. The summed E-state index contributed by atoms with van der Waals surface area (Å²) in [5, 5.41) is 0.521. The Morgan fingerprint density at radius 3 is 2.41 bits per heavy atom. The van der Waals surface area contributed by atoms with Crippen molar-refractivity contribution in [2.24, 2.45) is 0 Å². The van der Waals surface area contributed by atoms with Crippen molar-refractivity contribution in [2.45, 2.75) is 44.3 Å². The molecule has 1 aromatic carbocycles. The molecule has 1 aliphatic rings. The van der Waals surface area contributed by atoms with Crippen molar-refractivity contribution >= 4 is 17.5 Å². The van der Waals surface area contributed by atoms with Gasteiger partial charge in [0.2, 0.25) is 0 Å². The summed E-state index contributed by atoms with van der Waals surface area (Å²) in [7, 11) is 0. The first-order chi connectivity index (χ1) is 8.16. The van der Waals surface area contributed by atoms with Gasteiger partial charge in [-0.05, 0) is 29.6 Å². The first-order valence-electron chi connectivity index (χ1n) is 6.41. The van der Waals surface area contributed by atoms with Crippen molar-refractivity contribution in [1.29, 1.82) is 0 Å². The Kier molecular flexibility index (Phi) is 4.27.